The largest absolute Gasteiger partial charge is 0.339 e. The van der Waals surface area contributed by atoms with Crippen molar-refractivity contribution in [2.24, 2.45) is 11.8 Å². The summed E-state index contributed by atoms with van der Waals surface area (Å²) < 4.78 is 0. The molecule has 0 atom stereocenters. The van der Waals surface area contributed by atoms with Crippen LogP contribution in [0.2, 0.25) is 0 Å². The van der Waals surface area contributed by atoms with Crippen molar-refractivity contribution in [1.29, 1.82) is 0 Å². The Morgan fingerprint density at radius 3 is 1.30 bits per heavy atom. The number of carbonyl (C=O) groups excluding carboxylic acids is 4. The van der Waals surface area contributed by atoms with Crippen LogP contribution in [-0.4, -0.2) is 59.6 Å². The molecule has 40 heavy (non-hydrogen) atoms. The molecule has 0 unspecified atom stereocenters. The number of hydrogen-bond acceptors (Lipinski definition) is 4. The van der Waals surface area contributed by atoms with Gasteiger partial charge in [0, 0.05) is 60.5 Å². The van der Waals surface area contributed by atoms with Crippen molar-refractivity contribution in [2.75, 3.05) is 36.8 Å². The Balaban J connectivity index is 1.11. The fourth-order valence-corrected chi connectivity index (χ4v) is 6.13. The van der Waals surface area contributed by atoms with Crippen molar-refractivity contribution in [2.45, 2.75) is 64.2 Å². The van der Waals surface area contributed by atoms with E-state index in [1.54, 1.807) is 24.3 Å². The summed E-state index contributed by atoms with van der Waals surface area (Å²) in [4.78, 5) is 55.5. The number of nitrogens with zero attached hydrogens (tertiary/aromatic N) is 2. The van der Waals surface area contributed by atoms with Gasteiger partial charge in [-0.1, -0.05) is 12.1 Å². The second-order valence-corrected chi connectivity index (χ2v) is 11.4. The Kier molecular flexibility index (Phi) is 9.14. The molecule has 3 fully saturated rings. The van der Waals surface area contributed by atoms with Gasteiger partial charge in [0.25, 0.3) is 11.8 Å². The molecule has 4 amide bonds. The summed E-state index contributed by atoms with van der Waals surface area (Å²) in [5.74, 6) is -0.435. The second kappa shape index (κ2) is 13.1. The van der Waals surface area contributed by atoms with Crippen LogP contribution in [0.4, 0.5) is 11.4 Å². The van der Waals surface area contributed by atoms with E-state index in [1.165, 1.54) is 0 Å². The molecular formula is C32H40N4O4. The summed E-state index contributed by atoms with van der Waals surface area (Å²) >= 11 is 0. The quantitative estimate of drug-likeness (QED) is 0.514. The average Bonchev–Trinajstić information content (AvgIpc) is 3.01. The van der Waals surface area contributed by atoms with E-state index in [0.29, 0.717) is 48.2 Å². The number of benzene rings is 2. The predicted molar refractivity (Wildman–Crippen MR) is 155 cm³/mol. The molecule has 0 spiro atoms. The molecule has 0 bridgehead atoms. The van der Waals surface area contributed by atoms with E-state index < -0.39 is 0 Å². The van der Waals surface area contributed by atoms with Gasteiger partial charge in [0.2, 0.25) is 11.8 Å². The molecular weight excluding hydrogens is 504 g/mol. The van der Waals surface area contributed by atoms with Gasteiger partial charge in [-0.2, -0.15) is 0 Å². The van der Waals surface area contributed by atoms with Crippen LogP contribution >= 0.6 is 0 Å². The fourth-order valence-electron chi connectivity index (χ4n) is 6.13. The molecule has 2 aliphatic heterocycles. The minimum Gasteiger partial charge on any atom is -0.339 e. The molecule has 0 aromatic heterocycles. The fraction of sp³-hybridized carbons (Fsp3) is 0.500. The lowest BCUT2D eigenvalue weighted by molar-refractivity contribution is -0.125. The van der Waals surface area contributed by atoms with Crippen LogP contribution in [0.3, 0.4) is 0 Å². The first-order chi connectivity index (χ1) is 19.5. The molecule has 2 aromatic carbocycles. The molecule has 2 heterocycles. The van der Waals surface area contributed by atoms with Crippen molar-refractivity contribution in [3.8, 4) is 0 Å². The SMILES string of the molecule is O=C(Nc1cccc(C(=O)N2CCCCC2)c1)C1CCC(C(=O)Nc2cccc(C(=O)N3CCCCC3)c2)CC1. The number of anilines is 2. The maximum Gasteiger partial charge on any atom is 0.253 e. The van der Waals surface area contributed by atoms with Gasteiger partial charge in [0.05, 0.1) is 0 Å². The molecule has 2 N–H and O–H groups in total. The zero-order chi connectivity index (χ0) is 27.9. The normalized spacial score (nSPS) is 21.4. The van der Waals surface area contributed by atoms with Crippen LogP contribution in [0, 0.1) is 11.8 Å². The van der Waals surface area contributed by atoms with Crippen LogP contribution < -0.4 is 10.6 Å². The molecule has 5 rings (SSSR count). The minimum absolute atomic E-state index is 0.0173. The van der Waals surface area contributed by atoms with Crippen LogP contribution in [0.15, 0.2) is 48.5 Å². The number of hydrogen-bond donors (Lipinski definition) is 2. The maximum absolute atomic E-state index is 13.0. The molecule has 3 aliphatic rings. The summed E-state index contributed by atoms with van der Waals surface area (Å²) in [6, 6.07) is 14.4. The first-order valence-electron chi connectivity index (χ1n) is 14.9. The minimum atomic E-state index is -0.170. The van der Waals surface area contributed by atoms with Gasteiger partial charge in [-0.05, 0) is 101 Å². The lowest BCUT2D eigenvalue weighted by Gasteiger charge is -2.28. The molecule has 1 aliphatic carbocycles. The number of amides is 4. The van der Waals surface area contributed by atoms with Crippen LogP contribution in [-0.2, 0) is 9.59 Å². The molecule has 1 saturated carbocycles. The summed E-state index contributed by atoms with van der Waals surface area (Å²) in [6.07, 6.45) is 8.98. The van der Waals surface area contributed by atoms with E-state index in [-0.39, 0.29) is 35.5 Å². The van der Waals surface area contributed by atoms with Gasteiger partial charge in [0.1, 0.15) is 0 Å². The highest BCUT2D eigenvalue weighted by Crippen LogP contribution is 2.31. The molecule has 8 heteroatoms. The van der Waals surface area contributed by atoms with E-state index in [9.17, 15) is 19.2 Å². The average molecular weight is 545 g/mol. The lowest BCUT2D eigenvalue weighted by atomic mass is 9.81. The van der Waals surface area contributed by atoms with Crippen molar-refractivity contribution >= 4 is 35.0 Å². The van der Waals surface area contributed by atoms with Crippen LogP contribution in [0.25, 0.3) is 0 Å². The van der Waals surface area contributed by atoms with E-state index >= 15 is 0 Å². The lowest BCUT2D eigenvalue weighted by Crippen LogP contribution is -2.35. The molecule has 8 nitrogen and oxygen atoms in total. The molecule has 0 radical (unpaired) electrons. The maximum atomic E-state index is 13.0. The first kappa shape index (κ1) is 27.9. The number of piperidine rings is 2. The topological polar surface area (TPSA) is 98.8 Å². The van der Waals surface area contributed by atoms with Gasteiger partial charge < -0.3 is 20.4 Å². The monoisotopic (exact) mass is 544 g/mol. The van der Waals surface area contributed by atoms with Crippen molar-refractivity contribution in [1.82, 2.24) is 9.80 Å². The Hall–Kier alpha value is -3.68. The van der Waals surface area contributed by atoms with Gasteiger partial charge in [-0.15, -0.1) is 0 Å². The zero-order valence-electron chi connectivity index (χ0n) is 23.2. The number of likely N-dealkylation sites (tertiary alicyclic amines) is 2. The summed E-state index contributed by atoms with van der Waals surface area (Å²) in [6.45, 7) is 3.14. The highest BCUT2D eigenvalue weighted by Gasteiger charge is 2.30. The Bertz CT molecular complexity index is 1130. The smallest absolute Gasteiger partial charge is 0.253 e. The highest BCUT2D eigenvalue weighted by atomic mass is 16.2. The summed E-state index contributed by atoms with van der Waals surface area (Å²) in [5, 5.41) is 5.98. The van der Waals surface area contributed by atoms with Crippen LogP contribution in [0.1, 0.15) is 84.9 Å². The van der Waals surface area contributed by atoms with Gasteiger partial charge >= 0.3 is 0 Å². The van der Waals surface area contributed by atoms with E-state index in [1.807, 2.05) is 34.1 Å². The van der Waals surface area contributed by atoms with E-state index in [2.05, 4.69) is 10.6 Å². The van der Waals surface area contributed by atoms with Crippen molar-refractivity contribution in [3.05, 3.63) is 59.7 Å². The Morgan fingerprint density at radius 1 is 0.550 bits per heavy atom. The van der Waals surface area contributed by atoms with E-state index in [0.717, 1.165) is 64.7 Å². The predicted octanol–water partition coefficient (Wildman–Crippen LogP) is 5.32. The third-order valence-corrected chi connectivity index (χ3v) is 8.51. The standard InChI is InChI=1S/C32H40N4O4/c37-29(33-27-11-7-9-25(21-27)31(39)35-17-3-1-4-18-35)23-13-15-24(16-14-23)30(38)34-28-12-8-10-26(22-28)32(40)36-19-5-2-6-20-36/h7-12,21-24H,1-6,13-20H2,(H,33,37)(H,34,38). The van der Waals surface area contributed by atoms with E-state index in [4.69, 9.17) is 0 Å². The van der Waals surface area contributed by atoms with Gasteiger partial charge in [-0.25, -0.2) is 0 Å². The molecule has 2 aromatic rings. The van der Waals surface area contributed by atoms with Crippen molar-refractivity contribution in [3.63, 3.8) is 0 Å². The van der Waals surface area contributed by atoms with Gasteiger partial charge in [0.15, 0.2) is 0 Å². The summed E-state index contributed by atoms with van der Waals surface area (Å²) in [5.41, 5.74) is 2.46. The second-order valence-electron chi connectivity index (χ2n) is 11.4. The highest BCUT2D eigenvalue weighted by molar-refractivity contribution is 5.99. The Labute approximate surface area is 236 Å². The molecule has 212 valence electrons. The zero-order valence-corrected chi connectivity index (χ0v) is 23.2. The third kappa shape index (κ3) is 6.90. The number of nitrogens with one attached hydrogen (secondary N) is 2. The summed E-state index contributed by atoms with van der Waals surface area (Å²) in [7, 11) is 0. The number of rotatable bonds is 6. The number of carbonyl (C=O) groups is 4. The van der Waals surface area contributed by atoms with Crippen molar-refractivity contribution < 1.29 is 19.2 Å². The van der Waals surface area contributed by atoms with Gasteiger partial charge in [-0.3, -0.25) is 19.2 Å². The third-order valence-electron chi connectivity index (χ3n) is 8.51. The molecule has 2 saturated heterocycles. The first-order valence-corrected chi connectivity index (χ1v) is 14.9. The van der Waals surface area contributed by atoms with Crippen LogP contribution in [0.5, 0.6) is 0 Å². The Morgan fingerprint density at radius 2 is 0.925 bits per heavy atom.